The summed E-state index contributed by atoms with van der Waals surface area (Å²) < 4.78 is 2.50. The van der Waals surface area contributed by atoms with E-state index in [9.17, 15) is 0 Å². The van der Waals surface area contributed by atoms with Crippen LogP contribution in [0.1, 0.15) is 4.88 Å². The third-order valence-electron chi connectivity index (χ3n) is 1.77. The fraction of sp³-hybridized carbons (Fsp3) is 0. The summed E-state index contributed by atoms with van der Waals surface area (Å²) in [5.41, 5.74) is 0. The van der Waals surface area contributed by atoms with Crippen LogP contribution < -0.4 is 0 Å². The molecule has 1 aromatic heterocycles. The van der Waals surface area contributed by atoms with Crippen LogP contribution in [0, 0.1) is 0 Å². The van der Waals surface area contributed by atoms with E-state index in [1.54, 1.807) is 11.3 Å². The zero-order valence-corrected chi connectivity index (χ0v) is 10.6. The van der Waals surface area contributed by atoms with Crippen LogP contribution in [-0.2, 0) is 0 Å². The first-order valence-electron chi connectivity index (χ1n) is 3.76. The van der Waals surface area contributed by atoms with Gasteiger partial charge in [0, 0.05) is 19.4 Å². The largest absolute Gasteiger partial charge is 0.135 e. The van der Waals surface area contributed by atoms with Gasteiger partial charge in [-0.3, -0.25) is 0 Å². The molecule has 0 saturated heterocycles. The van der Waals surface area contributed by atoms with Gasteiger partial charge in [-0.15, -0.1) is 11.3 Å². The maximum Gasteiger partial charge on any atom is 0.0434 e. The van der Waals surface area contributed by atoms with Crippen LogP contribution in [0.25, 0.3) is 16.2 Å². The van der Waals surface area contributed by atoms with Crippen LogP contribution in [0.4, 0.5) is 0 Å². The van der Waals surface area contributed by atoms with Gasteiger partial charge in [0.1, 0.15) is 0 Å². The van der Waals surface area contributed by atoms with Gasteiger partial charge in [0.2, 0.25) is 0 Å². The average molecular weight is 318 g/mol. The Morgan fingerprint density at radius 1 is 1.23 bits per heavy atom. The fourth-order valence-electron chi connectivity index (χ4n) is 1.20. The SMILES string of the molecule is BrC=Cc1sc2ccccc2c1Br. The molecule has 1 aromatic carbocycles. The first-order chi connectivity index (χ1) is 6.33. The van der Waals surface area contributed by atoms with Gasteiger partial charge in [-0.1, -0.05) is 34.1 Å². The van der Waals surface area contributed by atoms with Gasteiger partial charge in [-0.05, 0) is 33.1 Å². The van der Waals surface area contributed by atoms with Crippen molar-refractivity contribution in [1.82, 2.24) is 0 Å². The molecule has 13 heavy (non-hydrogen) atoms. The Labute approximate surface area is 97.5 Å². The Morgan fingerprint density at radius 2 is 2.00 bits per heavy atom. The van der Waals surface area contributed by atoms with Crippen molar-refractivity contribution in [2.75, 3.05) is 0 Å². The third kappa shape index (κ3) is 1.73. The first kappa shape index (κ1) is 9.44. The molecule has 66 valence electrons. The molecule has 1 heterocycles. The Morgan fingerprint density at radius 3 is 2.69 bits per heavy atom. The molecule has 0 saturated carbocycles. The molecule has 0 aliphatic carbocycles. The Bertz CT molecular complexity index is 457. The number of fused-ring (bicyclic) bond motifs is 1. The average Bonchev–Trinajstić information content (AvgIpc) is 2.46. The molecule has 0 radical (unpaired) electrons. The second kappa shape index (κ2) is 3.95. The van der Waals surface area contributed by atoms with E-state index < -0.39 is 0 Å². The summed E-state index contributed by atoms with van der Waals surface area (Å²) in [6, 6.07) is 8.38. The lowest BCUT2D eigenvalue weighted by Gasteiger charge is -1.87. The summed E-state index contributed by atoms with van der Waals surface area (Å²) in [5.74, 6) is 0. The van der Waals surface area contributed by atoms with E-state index in [-0.39, 0.29) is 0 Å². The molecular formula is C10H6Br2S. The van der Waals surface area contributed by atoms with Gasteiger partial charge >= 0.3 is 0 Å². The first-order valence-corrected chi connectivity index (χ1v) is 6.29. The second-order valence-electron chi connectivity index (χ2n) is 2.57. The molecule has 3 heteroatoms. The second-order valence-corrected chi connectivity index (χ2v) is 4.97. The minimum atomic E-state index is 1.18. The maximum absolute atomic E-state index is 3.59. The molecular weight excluding hydrogens is 312 g/mol. The molecule has 0 N–H and O–H groups in total. The molecule has 0 fully saturated rings. The highest BCUT2D eigenvalue weighted by molar-refractivity contribution is 9.11. The van der Waals surface area contributed by atoms with E-state index in [1.807, 2.05) is 4.99 Å². The summed E-state index contributed by atoms with van der Waals surface area (Å²) >= 11 is 8.66. The summed E-state index contributed by atoms with van der Waals surface area (Å²) in [5, 5.41) is 1.29. The van der Waals surface area contributed by atoms with Crippen molar-refractivity contribution in [3.63, 3.8) is 0 Å². The number of thiophene rings is 1. The quantitative estimate of drug-likeness (QED) is 0.692. The van der Waals surface area contributed by atoms with Crippen molar-refractivity contribution in [1.29, 1.82) is 0 Å². The van der Waals surface area contributed by atoms with E-state index in [4.69, 9.17) is 0 Å². The van der Waals surface area contributed by atoms with Gasteiger partial charge in [0.15, 0.2) is 0 Å². The minimum Gasteiger partial charge on any atom is -0.135 e. The van der Waals surface area contributed by atoms with Crippen molar-refractivity contribution in [2.45, 2.75) is 0 Å². The number of benzene rings is 1. The van der Waals surface area contributed by atoms with Gasteiger partial charge in [-0.2, -0.15) is 0 Å². The topological polar surface area (TPSA) is 0 Å². The van der Waals surface area contributed by atoms with E-state index in [0.717, 1.165) is 0 Å². The van der Waals surface area contributed by atoms with Gasteiger partial charge in [0.05, 0.1) is 0 Å². The molecule has 0 aliphatic heterocycles. The summed E-state index contributed by atoms with van der Waals surface area (Å²) in [6.07, 6.45) is 2.05. The van der Waals surface area contributed by atoms with Crippen LogP contribution >= 0.6 is 43.2 Å². The minimum absolute atomic E-state index is 1.18. The van der Waals surface area contributed by atoms with Gasteiger partial charge in [-0.25, -0.2) is 0 Å². The molecule has 0 bridgehead atoms. The van der Waals surface area contributed by atoms with E-state index >= 15 is 0 Å². The van der Waals surface area contributed by atoms with Crippen LogP contribution in [0.2, 0.25) is 0 Å². The number of rotatable bonds is 1. The molecule has 0 aliphatic rings. The zero-order chi connectivity index (χ0) is 9.26. The zero-order valence-electron chi connectivity index (χ0n) is 6.63. The number of hydrogen-bond donors (Lipinski definition) is 0. The normalized spacial score (nSPS) is 11.5. The molecule has 2 aromatic rings. The fourth-order valence-corrected chi connectivity index (χ4v) is 3.49. The van der Waals surface area contributed by atoms with E-state index in [2.05, 4.69) is 62.2 Å². The predicted molar refractivity (Wildman–Crippen MR) is 67.5 cm³/mol. The van der Waals surface area contributed by atoms with Crippen molar-refractivity contribution in [3.8, 4) is 0 Å². The molecule has 2 rings (SSSR count). The highest BCUT2D eigenvalue weighted by Gasteiger charge is 2.05. The Hall–Kier alpha value is -0.120. The molecule has 0 spiro atoms. The van der Waals surface area contributed by atoms with Crippen LogP contribution in [-0.4, -0.2) is 0 Å². The van der Waals surface area contributed by atoms with Crippen LogP contribution in [0.15, 0.2) is 33.7 Å². The van der Waals surface area contributed by atoms with Crippen LogP contribution in [0.5, 0.6) is 0 Å². The Kier molecular flexibility index (Phi) is 2.86. The molecule has 0 nitrogen and oxygen atoms in total. The van der Waals surface area contributed by atoms with Crippen molar-refractivity contribution in [2.24, 2.45) is 0 Å². The highest BCUT2D eigenvalue weighted by Crippen LogP contribution is 2.36. The van der Waals surface area contributed by atoms with Crippen molar-refractivity contribution < 1.29 is 0 Å². The number of halogens is 2. The lowest BCUT2D eigenvalue weighted by Crippen LogP contribution is -1.63. The van der Waals surface area contributed by atoms with E-state index in [0.29, 0.717) is 0 Å². The standard InChI is InChI=1S/C10H6Br2S/c11-6-5-9-10(12)7-3-1-2-4-8(7)13-9/h1-6H. The summed E-state index contributed by atoms with van der Waals surface area (Å²) in [4.78, 5) is 3.13. The summed E-state index contributed by atoms with van der Waals surface area (Å²) in [7, 11) is 0. The molecule has 0 atom stereocenters. The van der Waals surface area contributed by atoms with Crippen molar-refractivity contribution >= 4 is 59.4 Å². The predicted octanol–water partition coefficient (Wildman–Crippen LogP) is 5.03. The van der Waals surface area contributed by atoms with Gasteiger partial charge < -0.3 is 0 Å². The molecule has 0 amide bonds. The number of hydrogen-bond acceptors (Lipinski definition) is 1. The highest BCUT2D eigenvalue weighted by atomic mass is 79.9. The van der Waals surface area contributed by atoms with Gasteiger partial charge in [0.25, 0.3) is 0 Å². The third-order valence-corrected chi connectivity index (χ3v) is 4.29. The monoisotopic (exact) mass is 316 g/mol. The smallest absolute Gasteiger partial charge is 0.0434 e. The van der Waals surface area contributed by atoms with E-state index in [1.165, 1.54) is 19.4 Å². The van der Waals surface area contributed by atoms with Crippen LogP contribution in [0.3, 0.4) is 0 Å². The Balaban J connectivity index is 2.73. The molecule has 0 unspecified atom stereocenters. The maximum atomic E-state index is 3.59. The lowest BCUT2D eigenvalue weighted by atomic mass is 10.2. The lowest BCUT2D eigenvalue weighted by molar-refractivity contribution is 1.82. The van der Waals surface area contributed by atoms with Crippen molar-refractivity contribution in [3.05, 3.63) is 38.6 Å². The summed E-state index contributed by atoms with van der Waals surface area (Å²) in [6.45, 7) is 0.